The highest BCUT2D eigenvalue weighted by molar-refractivity contribution is 9.10. The highest BCUT2D eigenvalue weighted by Gasteiger charge is 2.11. The zero-order chi connectivity index (χ0) is 13.1. The van der Waals surface area contributed by atoms with E-state index in [1.807, 2.05) is 6.07 Å². The van der Waals surface area contributed by atoms with Crippen LogP contribution in [0.5, 0.6) is 11.6 Å². The van der Waals surface area contributed by atoms with Gasteiger partial charge in [-0.2, -0.15) is 5.26 Å². The van der Waals surface area contributed by atoms with Crippen LogP contribution < -0.4 is 10.5 Å². The fourth-order valence-corrected chi connectivity index (χ4v) is 1.65. The van der Waals surface area contributed by atoms with Crippen molar-refractivity contribution in [1.82, 2.24) is 4.98 Å². The van der Waals surface area contributed by atoms with Crippen LogP contribution in [0.1, 0.15) is 5.56 Å². The van der Waals surface area contributed by atoms with Crippen LogP contribution in [0.15, 0.2) is 34.9 Å². The molecule has 2 aromatic rings. The number of nitrogens with two attached hydrogens (primary N) is 1. The van der Waals surface area contributed by atoms with Gasteiger partial charge in [0.05, 0.1) is 10.2 Å². The molecule has 0 unspecified atom stereocenters. The molecule has 0 aliphatic rings. The van der Waals surface area contributed by atoms with Gasteiger partial charge in [0.2, 0.25) is 5.88 Å². The monoisotopic (exact) mass is 307 g/mol. The summed E-state index contributed by atoms with van der Waals surface area (Å²) < 4.78 is 19.0. The Hall–Kier alpha value is -2.13. The highest BCUT2D eigenvalue weighted by Crippen LogP contribution is 2.32. The molecule has 1 heterocycles. The van der Waals surface area contributed by atoms with E-state index >= 15 is 0 Å². The molecule has 18 heavy (non-hydrogen) atoms. The van der Waals surface area contributed by atoms with E-state index in [0.29, 0.717) is 0 Å². The van der Waals surface area contributed by atoms with Crippen LogP contribution in [0.4, 0.5) is 10.1 Å². The molecule has 90 valence electrons. The number of rotatable bonds is 2. The maximum Gasteiger partial charge on any atom is 0.237 e. The van der Waals surface area contributed by atoms with E-state index in [-0.39, 0.29) is 27.4 Å². The van der Waals surface area contributed by atoms with Crippen molar-refractivity contribution < 1.29 is 9.13 Å². The maximum atomic E-state index is 13.4. The van der Waals surface area contributed by atoms with Crippen LogP contribution in [-0.2, 0) is 0 Å². The largest absolute Gasteiger partial charge is 0.435 e. The molecule has 0 saturated heterocycles. The van der Waals surface area contributed by atoms with Crippen LogP contribution in [0.3, 0.4) is 0 Å². The lowest BCUT2D eigenvalue weighted by molar-refractivity contribution is 0.458. The van der Waals surface area contributed by atoms with Gasteiger partial charge >= 0.3 is 0 Å². The fourth-order valence-electron chi connectivity index (χ4n) is 1.29. The van der Waals surface area contributed by atoms with Crippen molar-refractivity contribution in [2.24, 2.45) is 0 Å². The number of aromatic nitrogens is 1. The molecule has 0 fully saturated rings. The molecule has 6 heteroatoms. The van der Waals surface area contributed by atoms with E-state index in [4.69, 9.17) is 15.7 Å². The van der Waals surface area contributed by atoms with Crippen LogP contribution in [0.25, 0.3) is 0 Å². The van der Waals surface area contributed by atoms with Gasteiger partial charge in [-0.15, -0.1) is 0 Å². The topological polar surface area (TPSA) is 71.9 Å². The number of pyridine rings is 1. The van der Waals surface area contributed by atoms with Gasteiger partial charge in [0.15, 0.2) is 5.75 Å². The Morgan fingerprint density at radius 1 is 1.44 bits per heavy atom. The molecule has 0 atom stereocenters. The number of nitrogen functional groups attached to an aromatic ring is 1. The molecule has 1 aromatic heterocycles. The molecule has 0 bridgehead atoms. The summed E-state index contributed by atoms with van der Waals surface area (Å²) in [5.74, 6) is -0.298. The van der Waals surface area contributed by atoms with Crippen LogP contribution in [0.2, 0.25) is 0 Å². The molecule has 2 rings (SSSR count). The average Bonchev–Trinajstić information content (AvgIpc) is 2.36. The standard InChI is InChI=1S/C12H7BrFN3O/c13-8-4-10(16)11(5-9(8)14)18-12-7(6-15)2-1-3-17-12/h1-5H,16H2. The average molecular weight is 308 g/mol. The molecular formula is C12H7BrFN3O. The number of benzene rings is 1. The van der Waals surface area contributed by atoms with E-state index in [9.17, 15) is 4.39 Å². The third-order valence-electron chi connectivity index (χ3n) is 2.15. The molecule has 1 aromatic carbocycles. The first-order chi connectivity index (χ1) is 8.61. The Morgan fingerprint density at radius 3 is 2.94 bits per heavy atom. The lowest BCUT2D eigenvalue weighted by Crippen LogP contribution is -1.96. The van der Waals surface area contributed by atoms with Crippen molar-refractivity contribution in [3.8, 4) is 17.7 Å². The third-order valence-corrected chi connectivity index (χ3v) is 2.76. The molecule has 0 saturated carbocycles. The van der Waals surface area contributed by atoms with Crippen molar-refractivity contribution in [2.75, 3.05) is 5.73 Å². The van der Waals surface area contributed by atoms with Gasteiger partial charge in [0.25, 0.3) is 0 Å². The van der Waals surface area contributed by atoms with Gasteiger partial charge in [-0.05, 0) is 34.1 Å². The second kappa shape index (κ2) is 5.02. The Kier molecular flexibility index (Phi) is 3.44. The molecule has 0 amide bonds. The summed E-state index contributed by atoms with van der Waals surface area (Å²) in [5, 5.41) is 8.88. The summed E-state index contributed by atoms with van der Waals surface area (Å²) in [7, 11) is 0. The van der Waals surface area contributed by atoms with Gasteiger partial charge < -0.3 is 10.5 Å². The van der Waals surface area contributed by atoms with Gasteiger partial charge in [0, 0.05) is 12.3 Å². The van der Waals surface area contributed by atoms with Gasteiger partial charge in [-0.3, -0.25) is 0 Å². The summed E-state index contributed by atoms with van der Waals surface area (Å²) in [4.78, 5) is 3.90. The van der Waals surface area contributed by atoms with Gasteiger partial charge in [-0.25, -0.2) is 9.37 Å². The number of halogens is 2. The predicted molar refractivity (Wildman–Crippen MR) is 67.5 cm³/mol. The van der Waals surface area contributed by atoms with E-state index < -0.39 is 5.82 Å². The Balaban J connectivity index is 2.41. The van der Waals surface area contributed by atoms with Crippen LogP contribution in [-0.4, -0.2) is 4.98 Å². The number of nitrogens with zero attached hydrogens (tertiary/aromatic N) is 2. The maximum absolute atomic E-state index is 13.4. The van der Waals surface area contributed by atoms with Crippen molar-refractivity contribution in [2.45, 2.75) is 0 Å². The zero-order valence-electron chi connectivity index (χ0n) is 9.02. The van der Waals surface area contributed by atoms with Gasteiger partial charge in [-0.1, -0.05) is 0 Å². The quantitative estimate of drug-likeness (QED) is 0.865. The molecule has 0 spiro atoms. The number of hydrogen-bond donors (Lipinski definition) is 1. The van der Waals surface area contributed by atoms with Gasteiger partial charge in [0.1, 0.15) is 17.4 Å². The summed E-state index contributed by atoms with van der Waals surface area (Å²) in [6, 6.07) is 7.61. The molecule has 0 radical (unpaired) electrons. The first-order valence-corrected chi connectivity index (χ1v) is 5.68. The van der Waals surface area contributed by atoms with E-state index in [1.165, 1.54) is 12.3 Å². The smallest absolute Gasteiger partial charge is 0.237 e. The fraction of sp³-hybridized carbons (Fsp3) is 0. The van der Waals surface area contributed by atoms with Crippen molar-refractivity contribution in [3.05, 3.63) is 46.3 Å². The van der Waals surface area contributed by atoms with Crippen LogP contribution >= 0.6 is 15.9 Å². The molecule has 2 N–H and O–H groups in total. The van der Waals surface area contributed by atoms with Crippen molar-refractivity contribution >= 4 is 21.6 Å². The third kappa shape index (κ3) is 2.41. The zero-order valence-corrected chi connectivity index (χ0v) is 10.6. The summed E-state index contributed by atoms with van der Waals surface area (Å²) in [5.41, 5.74) is 6.20. The first kappa shape index (κ1) is 12.3. The van der Waals surface area contributed by atoms with Crippen LogP contribution in [0, 0.1) is 17.1 Å². The van der Waals surface area contributed by atoms with E-state index in [0.717, 1.165) is 6.07 Å². The Morgan fingerprint density at radius 2 is 2.22 bits per heavy atom. The summed E-state index contributed by atoms with van der Waals surface area (Å²) in [6.07, 6.45) is 1.47. The normalized spacial score (nSPS) is 9.83. The molecular weight excluding hydrogens is 301 g/mol. The molecule has 0 aliphatic carbocycles. The molecule has 0 aliphatic heterocycles. The minimum atomic E-state index is -0.506. The minimum absolute atomic E-state index is 0.0911. The number of hydrogen-bond acceptors (Lipinski definition) is 4. The summed E-state index contributed by atoms with van der Waals surface area (Å²) in [6.45, 7) is 0. The van der Waals surface area contributed by atoms with E-state index in [2.05, 4.69) is 20.9 Å². The number of nitriles is 1. The Bertz CT molecular complexity index is 640. The lowest BCUT2D eigenvalue weighted by Gasteiger charge is -2.09. The second-order valence-corrected chi connectivity index (χ2v) is 4.23. The SMILES string of the molecule is N#Cc1cccnc1Oc1cc(F)c(Br)cc1N. The minimum Gasteiger partial charge on any atom is -0.435 e. The number of anilines is 1. The molecule has 4 nitrogen and oxygen atoms in total. The van der Waals surface area contributed by atoms with Crippen molar-refractivity contribution in [1.29, 1.82) is 5.26 Å². The van der Waals surface area contributed by atoms with E-state index in [1.54, 1.807) is 12.1 Å². The predicted octanol–water partition coefficient (Wildman–Crippen LogP) is 3.23. The summed E-state index contributed by atoms with van der Waals surface area (Å²) >= 11 is 3.02. The highest BCUT2D eigenvalue weighted by atomic mass is 79.9. The number of ether oxygens (including phenoxy) is 1. The van der Waals surface area contributed by atoms with Crippen molar-refractivity contribution in [3.63, 3.8) is 0 Å². The first-order valence-electron chi connectivity index (χ1n) is 4.89. The second-order valence-electron chi connectivity index (χ2n) is 3.37. The Labute approximate surface area is 111 Å². The lowest BCUT2D eigenvalue weighted by atomic mass is 10.2.